The molecule has 68 valence electrons. The molecule has 0 N–H and O–H groups in total. The Kier molecular flexibility index (Phi) is 1.58. The number of aromatic nitrogens is 1. The molecule has 0 aliphatic heterocycles. The van der Waals surface area contributed by atoms with Crippen molar-refractivity contribution in [1.82, 2.24) is 0 Å². The minimum atomic E-state index is 1.30. The molecule has 0 atom stereocenters. The molecule has 3 rings (SSSR count). The summed E-state index contributed by atoms with van der Waals surface area (Å²) in [5, 5.41) is 3.46. The van der Waals surface area contributed by atoms with Crippen LogP contribution in [0.1, 0.15) is 5.56 Å². The van der Waals surface area contributed by atoms with Crippen LogP contribution in [0, 0.1) is 6.92 Å². The minimum absolute atomic E-state index is 1.30. The van der Waals surface area contributed by atoms with E-state index in [9.17, 15) is 0 Å². The van der Waals surface area contributed by atoms with E-state index in [0.717, 1.165) is 0 Å². The molecule has 0 spiro atoms. The zero-order chi connectivity index (χ0) is 9.54. The zero-order valence-electron chi connectivity index (χ0n) is 7.90. The molecule has 0 bridgehead atoms. The Morgan fingerprint density at radius 2 is 2.07 bits per heavy atom. The maximum Gasteiger partial charge on any atom is 0.267 e. The largest absolute Gasteiger partial charge is 0.267 e. The summed E-state index contributed by atoms with van der Waals surface area (Å²) in [6, 6.07) is 10.8. The van der Waals surface area contributed by atoms with Crippen molar-refractivity contribution in [3.8, 4) is 0 Å². The third-order valence-corrected chi connectivity index (χ3v) is 3.38. The van der Waals surface area contributed by atoms with Gasteiger partial charge < -0.3 is 0 Å². The molecular weight excluding hydrogens is 190 g/mol. The van der Waals surface area contributed by atoms with Crippen molar-refractivity contribution in [2.24, 2.45) is 0 Å². The summed E-state index contributed by atoms with van der Waals surface area (Å²) in [6.07, 6.45) is 2.13. The number of nitrogens with zero attached hydrogens (tertiary/aromatic N) is 1. The second kappa shape index (κ2) is 2.79. The monoisotopic (exact) mass is 200 g/mol. The summed E-state index contributed by atoms with van der Waals surface area (Å²) in [4.78, 5) is 1.31. The number of benzene rings is 1. The number of thiazole rings is 1. The fourth-order valence-electron chi connectivity index (χ4n) is 1.87. The van der Waals surface area contributed by atoms with Crippen LogP contribution in [-0.2, 0) is 0 Å². The van der Waals surface area contributed by atoms with Crippen LogP contribution in [0.25, 0.3) is 15.7 Å². The van der Waals surface area contributed by atoms with Gasteiger partial charge in [-0.3, -0.25) is 0 Å². The number of pyridine rings is 1. The van der Waals surface area contributed by atoms with Gasteiger partial charge in [-0.2, -0.15) is 4.40 Å². The maximum absolute atomic E-state index is 2.24. The molecule has 0 saturated carbocycles. The van der Waals surface area contributed by atoms with Crippen molar-refractivity contribution in [2.45, 2.75) is 6.92 Å². The normalized spacial score (nSPS) is 11.2. The summed E-state index contributed by atoms with van der Waals surface area (Å²) >= 11 is 1.78. The average Bonchev–Trinajstić information content (AvgIpc) is 2.66. The van der Waals surface area contributed by atoms with Crippen molar-refractivity contribution in [2.75, 3.05) is 0 Å². The first-order valence-electron chi connectivity index (χ1n) is 4.63. The van der Waals surface area contributed by atoms with E-state index in [4.69, 9.17) is 0 Å². The Labute approximate surface area is 86.2 Å². The van der Waals surface area contributed by atoms with E-state index in [2.05, 4.69) is 53.2 Å². The van der Waals surface area contributed by atoms with Gasteiger partial charge in [0.15, 0.2) is 6.20 Å². The van der Waals surface area contributed by atoms with Crippen LogP contribution in [0.3, 0.4) is 0 Å². The fourth-order valence-corrected chi connectivity index (χ4v) is 2.71. The van der Waals surface area contributed by atoms with E-state index in [-0.39, 0.29) is 0 Å². The van der Waals surface area contributed by atoms with Gasteiger partial charge in [0.2, 0.25) is 5.52 Å². The lowest BCUT2D eigenvalue weighted by molar-refractivity contribution is -0.476. The highest BCUT2D eigenvalue weighted by Crippen LogP contribution is 2.18. The van der Waals surface area contributed by atoms with Crippen LogP contribution in [0.15, 0.2) is 41.9 Å². The SMILES string of the molecule is Cc1cc2scc[n+]2c2ccccc12. The number of fused-ring (bicyclic) bond motifs is 3. The molecule has 1 aromatic carbocycles. The van der Waals surface area contributed by atoms with E-state index in [0.29, 0.717) is 0 Å². The molecule has 0 saturated heterocycles. The average molecular weight is 200 g/mol. The quantitative estimate of drug-likeness (QED) is 0.491. The molecule has 0 aliphatic rings. The fraction of sp³-hybridized carbons (Fsp3) is 0.0833. The lowest BCUT2D eigenvalue weighted by Gasteiger charge is -1.96. The van der Waals surface area contributed by atoms with Crippen LogP contribution in [0.5, 0.6) is 0 Å². The molecular formula is C12H10NS+. The molecule has 0 fully saturated rings. The van der Waals surface area contributed by atoms with Crippen LogP contribution < -0.4 is 4.40 Å². The van der Waals surface area contributed by atoms with Gasteiger partial charge in [0.25, 0.3) is 4.83 Å². The van der Waals surface area contributed by atoms with E-state index in [1.165, 1.54) is 21.3 Å². The second-order valence-electron chi connectivity index (χ2n) is 3.46. The van der Waals surface area contributed by atoms with Gasteiger partial charge >= 0.3 is 0 Å². The number of para-hydroxylation sites is 1. The molecule has 0 aliphatic carbocycles. The first-order valence-corrected chi connectivity index (χ1v) is 5.51. The zero-order valence-corrected chi connectivity index (χ0v) is 8.71. The summed E-state index contributed by atoms with van der Waals surface area (Å²) in [7, 11) is 0. The van der Waals surface area contributed by atoms with Gasteiger partial charge in [-0.1, -0.05) is 23.5 Å². The Bertz CT molecular complexity index is 610. The Balaban J connectivity index is 2.67. The van der Waals surface area contributed by atoms with Crippen LogP contribution in [-0.4, -0.2) is 0 Å². The number of hydrogen-bond donors (Lipinski definition) is 0. The Morgan fingerprint density at radius 1 is 1.21 bits per heavy atom. The van der Waals surface area contributed by atoms with Gasteiger partial charge in [-0.15, -0.1) is 0 Å². The van der Waals surface area contributed by atoms with Crippen LogP contribution in [0.2, 0.25) is 0 Å². The minimum Gasteiger partial charge on any atom is -0.150 e. The molecule has 14 heavy (non-hydrogen) atoms. The van der Waals surface area contributed by atoms with Crippen molar-refractivity contribution < 1.29 is 4.40 Å². The maximum atomic E-state index is 2.24. The van der Waals surface area contributed by atoms with Gasteiger partial charge in [-0.05, 0) is 18.6 Å². The number of aryl methyl sites for hydroxylation is 1. The van der Waals surface area contributed by atoms with Crippen molar-refractivity contribution in [1.29, 1.82) is 0 Å². The first-order chi connectivity index (χ1) is 6.86. The third kappa shape index (κ3) is 0.976. The smallest absolute Gasteiger partial charge is 0.150 e. The highest BCUT2D eigenvalue weighted by atomic mass is 32.1. The van der Waals surface area contributed by atoms with Crippen molar-refractivity contribution in [3.05, 3.63) is 47.5 Å². The molecule has 1 nitrogen and oxygen atoms in total. The van der Waals surface area contributed by atoms with Crippen molar-refractivity contribution >= 4 is 27.1 Å². The van der Waals surface area contributed by atoms with E-state index in [1.54, 1.807) is 11.3 Å². The van der Waals surface area contributed by atoms with Gasteiger partial charge in [0, 0.05) is 17.5 Å². The molecule has 0 unspecified atom stereocenters. The van der Waals surface area contributed by atoms with Gasteiger partial charge in [-0.25, -0.2) is 0 Å². The lowest BCUT2D eigenvalue weighted by atomic mass is 10.1. The molecule has 2 heterocycles. The third-order valence-electron chi connectivity index (χ3n) is 2.56. The summed E-state index contributed by atoms with van der Waals surface area (Å²) < 4.78 is 2.24. The summed E-state index contributed by atoms with van der Waals surface area (Å²) in [6.45, 7) is 2.17. The molecule has 2 heteroatoms. The predicted octanol–water partition coefficient (Wildman–Crippen LogP) is 2.95. The number of rotatable bonds is 0. The lowest BCUT2D eigenvalue weighted by Crippen LogP contribution is -2.18. The van der Waals surface area contributed by atoms with Crippen LogP contribution in [0.4, 0.5) is 0 Å². The Morgan fingerprint density at radius 3 is 3.00 bits per heavy atom. The van der Waals surface area contributed by atoms with E-state index < -0.39 is 0 Å². The molecule has 0 amide bonds. The predicted molar refractivity (Wildman–Crippen MR) is 59.7 cm³/mol. The van der Waals surface area contributed by atoms with E-state index >= 15 is 0 Å². The molecule has 0 radical (unpaired) electrons. The summed E-state index contributed by atoms with van der Waals surface area (Å²) in [5.41, 5.74) is 2.65. The second-order valence-corrected chi connectivity index (χ2v) is 4.38. The number of hydrogen-bond acceptors (Lipinski definition) is 1. The molecule has 3 aromatic rings. The highest BCUT2D eigenvalue weighted by molar-refractivity contribution is 7.14. The topological polar surface area (TPSA) is 4.10 Å². The molecule has 2 aromatic heterocycles. The summed E-state index contributed by atoms with van der Waals surface area (Å²) in [5.74, 6) is 0. The standard InChI is InChI=1S/C12H10NS/c1-9-8-12-13(6-7-14-12)11-5-3-2-4-10(9)11/h2-8H,1H3/q+1. The van der Waals surface area contributed by atoms with E-state index in [1.807, 2.05) is 0 Å². The highest BCUT2D eigenvalue weighted by Gasteiger charge is 2.11. The van der Waals surface area contributed by atoms with Gasteiger partial charge in [0.1, 0.15) is 0 Å². The first kappa shape index (κ1) is 7.94. The Hall–Kier alpha value is -1.41. The van der Waals surface area contributed by atoms with Gasteiger partial charge in [0.05, 0.1) is 5.38 Å². The van der Waals surface area contributed by atoms with Crippen molar-refractivity contribution in [3.63, 3.8) is 0 Å². The van der Waals surface area contributed by atoms with Crippen LogP contribution >= 0.6 is 11.3 Å².